The molecule has 0 aliphatic heterocycles. The normalized spacial score (nSPS) is 14.0. The van der Waals surface area contributed by atoms with Crippen molar-refractivity contribution in [1.29, 1.82) is 0 Å². The molecular formula is C80H156O17P2. The molecule has 5 atom stereocenters. The summed E-state index contributed by atoms with van der Waals surface area (Å²) >= 11 is 0. The van der Waals surface area contributed by atoms with E-state index >= 15 is 0 Å². The summed E-state index contributed by atoms with van der Waals surface area (Å²) in [5.41, 5.74) is 0. The molecule has 17 nitrogen and oxygen atoms in total. The predicted octanol–water partition coefficient (Wildman–Crippen LogP) is 23.7. The number of carbonyl (C=O) groups is 4. The SMILES string of the molecule is CCCCCCCCCCCCCCCC(=O)OC[C@H](COP(=O)(O)OC[C@H](O)COP(=O)(O)OC[C@@H](COC(=O)CCCCCCCCCCCCCCCC(C)C)OC(=O)CCCCCCCCCCCCCCCC(C)C)OC(=O)CCCCCCCCCCCCCC(C)C. The lowest BCUT2D eigenvalue weighted by Gasteiger charge is -2.21. The maximum Gasteiger partial charge on any atom is 0.472 e. The Morgan fingerprint density at radius 2 is 0.465 bits per heavy atom. The molecule has 0 aromatic heterocycles. The van der Waals surface area contributed by atoms with E-state index in [1.54, 1.807) is 0 Å². The molecule has 0 aliphatic carbocycles. The number of phosphoric acid groups is 2. The van der Waals surface area contributed by atoms with Crippen LogP contribution in [0, 0.1) is 17.8 Å². The van der Waals surface area contributed by atoms with Crippen LogP contribution >= 0.6 is 15.6 Å². The molecule has 0 aromatic rings. The van der Waals surface area contributed by atoms with E-state index in [4.69, 9.17) is 37.0 Å². The average Bonchev–Trinajstić information content (AvgIpc) is 1.09. The largest absolute Gasteiger partial charge is 0.472 e. The van der Waals surface area contributed by atoms with Crippen molar-refractivity contribution in [2.75, 3.05) is 39.6 Å². The summed E-state index contributed by atoms with van der Waals surface area (Å²) < 4.78 is 68.7. The molecule has 0 amide bonds. The van der Waals surface area contributed by atoms with Crippen LogP contribution in [0.15, 0.2) is 0 Å². The van der Waals surface area contributed by atoms with Crippen LogP contribution < -0.4 is 0 Å². The fraction of sp³-hybridized carbons (Fsp3) is 0.950. The number of hydrogen-bond donors (Lipinski definition) is 3. The second-order valence-corrected chi connectivity index (χ2v) is 33.1. The summed E-state index contributed by atoms with van der Waals surface area (Å²) in [5.74, 6) is 0.233. The van der Waals surface area contributed by atoms with Gasteiger partial charge in [-0.3, -0.25) is 37.3 Å². The van der Waals surface area contributed by atoms with Gasteiger partial charge >= 0.3 is 39.5 Å². The number of hydrogen-bond acceptors (Lipinski definition) is 15. The van der Waals surface area contributed by atoms with E-state index in [9.17, 15) is 43.2 Å². The van der Waals surface area contributed by atoms with Gasteiger partial charge in [-0.05, 0) is 43.4 Å². The van der Waals surface area contributed by atoms with Crippen LogP contribution in [0.25, 0.3) is 0 Å². The number of esters is 4. The van der Waals surface area contributed by atoms with Crippen LogP contribution in [-0.2, 0) is 65.4 Å². The molecule has 2 unspecified atom stereocenters. The third-order valence-corrected chi connectivity index (χ3v) is 20.5. The Morgan fingerprint density at radius 3 is 0.687 bits per heavy atom. The maximum absolute atomic E-state index is 13.1. The molecule has 0 bridgehead atoms. The smallest absolute Gasteiger partial charge is 0.462 e. The minimum atomic E-state index is -4.96. The van der Waals surface area contributed by atoms with Crippen LogP contribution in [0.3, 0.4) is 0 Å². The fourth-order valence-corrected chi connectivity index (χ4v) is 13.9. The molecule has 0 saturated carbocycles. The van der Waals surface area contributed by atoms with E-state index in [1.807, 2.05) is 0 Å². The van der Waals surface area contributed by atoms with Crippen molar-refractivity contribution in [2.24, 2.45) is 17.8 Å². The molecule has 0 heterocycles. The molecule has 0 spiro atoms. The number of carbonyl (C=O) groups excluding carboxylic acids is 4. The number of unbranched alkanes of at least 4 members (excludes halogenated alkanes) is 46. The lowest BCUT2D eigenvalue weighted by molar-refractivity contribution is -0.161. The predicted molar refractivity (Wildman–Crippen MR) is 405 cm³/mol. The van der Waals surface area contributed by atoms with Crippen LogP contribution in [0.4, 0.5) is 0 Å². The molecule has 99 heavy (non-hydrogen) atoms. The minimum Gasteiger partial charge on any atom is -0.462 e. The second kappa shape index (κ2) is 70.4. The Kier molecular flexibility index (Phi) is 69.0. The van der Waals surface area contributed by atoms with E-state index < -0.39 is 97.5 Å². The third-order valence-electron chi connectivity index (χ3n) is 18.6. The van der Waals surface area contributed by atoms with E-state index in [0.29, 0.717) is 25.7 Å². The van der Waals surface area contributed by atoms with Gasteiger partial charge in [-0.25, -0.2) is 9.13 Å². The lowest BCUT2D eigenvalue weighted by atomic mass is 10.0. The molecule has 0 radical (unpaired) electrons. The highest BCUT2D eigenvalue weighted by molar-refractivity contribution is 7.47. The molecular weight excluding hydrogens is 1290 g/mol. The number of ether oxygens (including phenoxy) is 4. The molecule has 0 fully saturated rings. The van der Waals surface area contributed by atoms with Crippen LogP contribution in [0.1, 0.15) is 414 Å². The van der Waals surface area contributed by atoms with Gasteiger partial charge in [0, 0.05) is 25.7 Å². The number of phosphoric ester groups is 2. The van der Waals surface area contributed by atoms with Crippen LogP contribution in [-0.4, -0.2) is 96.7 Å². The Balaban J connectivity index is 5.27. The first-order chi connectivity index (χ1) is 47.7. The van der Waals surface area contributed by atoms with Crippen molar-refractivity contribution in [3.05, 3.63) is 0 Å². The van der Waals surface area contributed by atoms with Crippen molar-refractivity contribution in [3.63, 3.8) is 0 Å². The monoisotopic (exact) mass is 1450 g/mol. The summed E-state index contributed by atoms with van der Waals surface area (Å²) in [6.45, 7) is 12.0. The van der Waals surface area contributed by atoms with Gasteiger partial charge in [0.05, 0.1) is 26.4 Å². The summed E-state index contributed by atoms with van der Waals surface area (Å²) in [6.07, 6.45) is 58.1. The molecule has 3 N–H and O–H groups in total. The van der Waals surface area contributed by atoms with Gasteiger partial charge in [0.1, 0.15) is 19.3 Å². The highest BCUT2D eigenvalue weighted by atomic mass is 31.2. The molecule has 0 rings (SSSR count). The van der Waals surface area contributed by atoms with Crippen molar-refractivity contribution < 1.29 is 80.2 Å². The van der Waals surface area contributed by atoms with Gasteiger partial charge in [-0.1, -0.05) is 363 Å². The fourth-order valence-electron chi connectivity index (χ4n) is 12.3. The average molecular weight is 1450 g/mol. The topological polar surface area (TPSA) is 237 Å². The zero-order chi connectivity index (χ0) is 73.0. The van der Waals surface area contributed by atoms with Gasteiger partial charge < -0.3 is 33.8 Å². The van der Waals surface area contributed by atoms with Gasteiger partial charge in [0.15, 0.2) is 12.2 Å². The first-order valence-electron chi connectivity index (χ1n) is 41.3. The van der Waals surface area contributed by atoms with Crippen molar-refractivity contribution in [3.8, 4) is 0 Å². The second-order valence-electron chi connectivity index (χ2n) is 30.2. The number of aliphatic hydroxyl groups is 1. The maximum atomic E-state index is 13.1. The highest BCUT2D eigenvalue weighted by Crippen LogP contribution is 2.45. The Bertz CT molecular complexity index is 1920. The minimum absolute atomic E-state index is 0.107. The third kappa shape index (κ3) is 74.1. The van der Waals surface area contributed by atoms with Crippen molar-refractivity contribution in [2.45, 2.75) is 433 Å². The van der Waals surface area contributed by atoms with E-state index in [0.717, 1.165) is 108 Å². The summed E-state index contributed by atoms with van der Waals surface area (Å²) in [4.78, 5) is 73.0. The molecule has 19 heteroatoms. The molecule has 588 valence electrons. The Labute approximate surface area is 607 Å². The molecule has 0 aliphatic rings. The first kappa shape index (κ1) is 97.1. The van der Waals surface area contributed by atoms with Gasteiger partial charge in [-0.2, -0.15) is 0 Å². The van der Waals surface area contributed by atoms with E-state index in [-0.39, 0.29) is 25.7 Å². The lowest BCUT2D eigenvalue weighted by Crippen LogP contribution is -2.30. The number of aliphatic hydroxyl groups excluding tert-OH is 1. The number of rotatable bonds is 78. The van der Waals surface area contributed by atoms with Crippen molar-refractivity contribution in [1.82, 2.24) is 0 Å². The van der Waals surface area contributed by atoms with E-state index in [1.165, 1.54) is 225 Å². The molecule has 0 aromatic carbocycles. The highest BCUT2D eigenvalue weighted by Gasteiger charge is 2.30. The zero-order valence-corrected chi connectivity index (χ0v) is 66.8. The molecule has 0 saturated heterocycles. The van der Waals surface area contributed by atoms with Crippen molar-refractivity contribution >= 4 is 39.5 Å². The Morgan fingerprint density at radius 1 is 0.273 bits per heavy atom. The van der Waals surface area contributed by atoms with Crippen LogP contribution in [0.5, 0.6) is 0 Å². The van der Waals surface area contributed by atoms with E-state index in [2.05, 4.69) is 48.5 Å². The standard InChI is InChI=1S/C80H156O17P2/c1-8-9-10-11-12-13-14-17-26-33-40-47-54-61-77(82)90-68-76(97-80(85)64-57-50-43-36-29-22-25-32-39-46-53-60-73(6)7)70-95-99(88,89)93-66-74(81)65-92-98(86,87)94-69-75(96-79(84)63-56-49-42-35-28-21-16-19-24-31-38-45-52-59-72(4)5)67-91-78(83)62-55-48-41-34-27-20-15-18-23-30-37-44-51-58-71(2)3/h71-76,81H,8-70H2,1-7H3,(H,86,87)(H,88,89)/t74-,75-,76-/m1/s1. The van der Waals surface area contributed by atoms with Gasteiger partial charge in [0.2, 0.25) is 0 Å². The Hall–Kier alpha value is -1.94. The van der Waals surface area contributed by atoms with Gasteiger partial charge in [-0.15, -0.1) is 0 Å². The van der Waals surface area contributed by atoms with Crippen LogP contribution in [0.2, 0.25) is 0 Å². The summed E-state index contributed by atoms with van der Waals surface area (Å²) in [7, 11) is -9.92. The quantitative estimate of drug-likeness (QED) is 0.0222. The summed E-state index contributed by atoms with van der Waals surface area (Å²) in [6, 6.07) is 0. The van der Waals surface area contributed by atoms with Gasteiger partial charge in [0.25, 0.3) is 0 Å². The zero-order valence-electron chi connectivity index (χ0n) is 65.0. The first-order valence-corrected chi connectivity index (χ1v) is 44.3. The summed E-state index contributed by atoms with van der Waals surface area (Å²) in [5, 5.41) is 10.6.